The van der Waals surface area contributed by atoms with Crippen LogP contribution in [0.1, 0.15) is 17.0 Å². The molecule has 1 aliphatic heterocycles. The van der Waals surface area contributed by atoms with Crippen LogP contribution < -0.4 is 5.73 Å². The Morgan fingerprint density at radius 3 is 2.75 bits per heavy atom. The Morgan fingerprint density at radius 1 is 1.25 bits per heavy atom. The van der Waals surface area contributed by atoms with Crippen LogP contribution in [0.4, 0.5) is 0 Å². The zero-order valence-corrected chi connectivity index (χ0v) is 15.0. The van der Waals surface area contributed by atoms with Crippen molar-refractivity contribution in [2.24, 2.45) is 11.7 Å². The predicted molar refractivity (Wildman–Crippen MR) is 98.4 cm³/mol. The third kappa shape index (κ3) is 4.57. The standard InChI is InChI=1S/C18H26N4O.ClH/c1-23-8-7-22-12-15(10-20-22)11-21-13-17(9-19)18(14-21)16-5-3-2-4-6-16;/h2-6,10,12,17-18H,7-9,11,13-14,19H2,1H3;1H/t17-,18+;/m1./s1. The summed E-state index contributed by atoms with van der Waals surface area (Å²) in [5.74, 6) is 1.06. The van der Waals surface area contributed by atoms with E-state index >= 15 is 0 Å². The molecule has 6 heteroatoms. The molecular weight excluding hydrogens is 324 g/mol. The fourth-order valence-electron chi connectivity index (χ4n) is 3.46. The Balaban J connectivity index is 0.00000208. The minimum atomic E-state index is 0. The van der Waals surface area contributed by atoms with Crippen molar-refractivity contribution in [1.82, 2.24) is 14.7 Å². The molecule has 1 aliphatic rings. The van der Waals surface area contributed by atoms with E-state index in [9.17, 15) is 0 Å². The van der Waals surface area contributed by atoms with Crippen molar-refractivity contribution in [2.45, 2.75) is 19.0 Å². The number of benzene rings is 1. The fourth-order valence-corrected chi connectivity index (χ4v) is 3.46. The van der Waals surface area contributed by atoms with Crippen LogP contribution in [0.2, 0.25) is 0 Å². The van der Waals surface area contributed by atoms with E-state index in [1.54, 1.807) is 7.11 Å². The summed E-state index contributed by atoms with van der Waals surface area (Å²) in [4.78, 5) is 2.49. The highest BCUT2D eigenvalue weighted by atomic mass is 35.5. The summed E-state index contributed by atoms with van der Waals surface area (Å²) >= 11 is 0. The highest BCUT2D eigenvalue weighted by Crippen LogP contribution is 2.32. The second-order valence-electron chi connectivity index (χ2n) is 6.31. The number of likely N-dealkylation sites (tertiary alicyclic amines) is 1. The molecule has 0 unspecified atom stereocenters. The zero-order valence-electron chi connectivity index (χ0n) is 14.2. The van der Waals surface area contributed by atoms with Crippen molar-refractivity contribution >= 4 is 12.4 Å². The van der Waals surface area contributed by atoms with Crippen molar-refractivity contribution in [3.05, 3.63) is 53.9 Å². The van der Waals surface area contributed by atoms with E-state index < -0.39 is 0 Å². The van der Waals surface area contributed by atoms with E-state index in [0.29, 0.717) is 18.4 Å². The molecule has 0 bridgehead atoms. The average molecular weight is 351 g/mol. The maximum Gasteiger partial charge on any atom is 0.0658 e. The first-order valence-electron chi connectivity index (χ1n) is 8.27. The van der Waals surface area contributed by atoms with Crippen molar-refractivity contribution in [3.63, 3.8) is 0 Å². The molecular formula is C18H27ClN4O. The quantitative estimate of drug-likeness (QED) is 0.831. The second-order valence-corrected chi connectivity index (χ2v) is 6.31. The van der Waals surface area contributed by atoms with E-state index in [0.717, 1.165) is 32.7 Å². The molecule has 0 amide bonds. The maximum atomic E-state index is 6.02. The van der Waals surface area contributed by atoms with E-state index in [1.165, 1.54) is 11.1 Å². The van der Waals surface area contributed by atoms with Gasteiger partial charge in [0, 0.05) is 44.4 Å². The van der Waals surface area contributed by atoms with Gasteiger partial charge in [-0.25, -0.2) is 0 Å². The number of rotatable bonds is 7. The summed E-state index contributed by atoms with van der Waals surface area (Å²) in [7, 11) is 1.71. The van der Waals surface area contributed by atoms with Crippen LogP contribution in [0.15, 0.2) is 42.7 Å². The van der Waals surface area contributed by atoms with Crippen molar-refractivity contribution in [2.75, 3.05) is 33.4 Å². The molecule has 0 aliphatic carbocycles. The van der Waals surface area contributed by atoms with Crippen molar-refractivity contribution in [3.8, 4) is 0 Å². The van der Waals surface area contributed by atoms with Gasteiger partial charge in [0.2, 0.25) is 0 Å². The van der Waals surface area contributed by atoms with E-state index in [-0.39, 0.29) is 12.4 Å². The van der Waals surface area contributed by atoms with Crippen molar-refractivity contribution in [1.29, 1.82) is 0 Å². The zero-order chi connectivity index (χ0) is 16.1. The summed E-state index contributed by atoms with van der Waals surface area (Å²) in [5.41, 5.74) is 8.68. The normalized spacial score (nSPS) is 20.9. The number of nitrogens with zero attached hydrogens (tertiary/aromatic N) is 3. The van der Waals surface area contributed by atoms with E-state index in [4.69, 9.17) is 10.5 Å². The number of aromatic nitrogens is 2. The monoisotopic (exact) mass is 350 g/mol. The van der Waals surface area contributed by atoms with E-state index in [1.807, 2.05) is 10.9 Å². The Hall–Kier alpha value is -1.40. The molecule has 0 spiro atoms. The molecule has 24 heavy (non-hydrogen) atoms. The lowest BCUT2D eigenvalue weighted by atomic mass is 9.89. The van der Waals surface area contributed by atoms with Crippen LogP contribution in [0.3, 0.4) is 0 Å². The van der Waals surface area contributed by atoms with Crippen LogP contribution in [-0.2, 0) is 17.8 Å². The molecule has 5 nitrogen and oxygen atoms in total. The van der Waals surface area contributed by atoms with Gasteiger partial charge in [-0.1, -0.05) is 30.3 Å². The number of halogens is 1. The molecule has 2 atom stereocenters. The molecule has 0 radical (unpaired) electrons. The summed E-state index contributed by atoms with van der Waals surface area (Å²) in [6.07, 6.45) is 4.08. The maximum absolute atomic E-state index is 6.02. The third-order valence-electron chi connectivity index (χ3n) is 4.66. The summed E-state index contributed by atoms with van der Waals surface area (Å²) < 4.78 is 7.04. The molecule has 1 aromatic heterocycles. The van der Waals surface area contributed by atoms with Gasteiger partial charge in [0.1, 0.15) is 0 Å². The van der Waals surface area contributed by atoms with Crippen LogP contribution in [-0.4, -0.2) is 48.0 Å². The Bertz CT molecular complexity index is 604. The number of hydrogen-bond acceptors (Lipinski definition) is 4. The second kappa shape index (κ2) is 9.18. The molecule has 2 heterocycles. The largest absolute Gasteiger partial charge is 0.383 e. The minimum Gasteiger partial charge on any atom is -0.383 e. The van der Waals surface area contributed by atoms with Crippen molar-refractivity contribution < 1.29 is 4.74 Å². The van der Waals surface area contributed by atoms with Gasteiger partial charge >= 0.3 is 0 Å². The smallest absolute Gasteiger partial charge is 0.0658 e. The van der Waals surface area contributed by atoms with Crippen LogP contribution in [0, 0.1) is 5.92 Å². The summed E-state index contributed by atoms with van der Waals surface area (Å²) in [6, 6.07) is 10.7. The van der Waals surface area contributed by atoms with Gasteiger partial charge in [-0.3, -0.25) is 9.58 Å². The SMILES string of the molecule is COCCn1cc(CN2C[C@@H](CN)[C@H](c3ccccc3)C2)cn1.Cl. The van der Waals surface area contributed by atoms with Crippen LogP contribution in [0.5, 0.6) is 0 Å². The molecule has 132 valence electrons. The van der Waals surface area contributed by atoms with Gasteiger partial charge in [0.25, 0.3) is 0 Å². The molecule has 1 saturated heterocycles. The number of methoxy groups -OCH3 is 1. The summed E-state index contributed by atoms with van der Waals surface area (Å²) in [5, 5.41) is 4.40. The minimum absolute atomic E-state index is 0. The first kappa shape index (κ1) is 18.9. The highest BCUT2D eigenvalue weighted by molar-refractivity contribution is 5.85. The van der Waals surface area contributed by atoms with Crippen LogP contribution >= 0.6 is 12.4 Å². The van der Waals surface area contributed by atoms with Gasteiger partial charge in [0.15, 0.2) is 0 Å². The van der Waals surface area contributed by atoms with Gasteiger partial charge in [-0.2, -0.15) is 5.10 Å². The number of ether oxygens (including phenoxy) is 1. The molecule has 1 aromatic carbocycles. The highest BCUT2D eigenvalue weighted by Gasteiger charge is 2.32. The first-order chi connectivity index (χ1) is 11.3. The average Bonchev–Trinajstić information content (AvgIpc) is 3.20. The third-order valence-corrected chi connectivity index (χ3v) is 4.66. The molecule has 3 rings (SSSR count). The lowest BCUT2D eigenvalue weighted by Crippen LogP contribution is -2.23. The number of hydrogen-bond donors (Lipinski definition) is 1. The van der Waals surface area contributed by atoms with Gasteiger partial charge in [0.05, 0.1) is 19.3 Å². The van der Waals surface area contributed by atoms with E-state index in [2.05, 4.69) is 46.5 Å². The van der Waals surface area contributed by atoms with Crippen LogP contribution in [0.25, 0.3) is 0 Å². The fraction of sp³-hybridized carbons (Fsp3) is 0.500. The lowest BCUT2D eigenvalue weighted by Gasteiger charge is -2.16. The predicted octanol–water partition coefficient (Wildman–Crippen LogP) is 2.13. The van der Waals surface area contributed by atoms with Gasteiger partial charge < -0.3 is 10.5 Å². The Morgan fingerprint density at radius 2 is 2.04 bits per heavy atom. The number of nitrogens with two attached hydrogens (primary N) is 1. The Labute approximate surface area is 150 Å². The summed E-state index contributed by atoms with van der Waals surface area (Å²) in [6.45, 7) is 5.29. The lowest BCUT2D eigenvalue weighted by molar-refractivity contribution is 0.183. The molecule has 2 N–H and O–H groups in total. The molecule has 1 fully saturated rings. The molecule has 0 saturated carbocycles. The first-order valence-corrected chi connectivity index (χ1v) is 8.27. The van der Waals surface area contributed by atoms with Gasteiger partial charge in [-0.15, -0.1) is 12.4 Å². The Kier molecular flexibility index (Phi) is 7.24. The molecule has 2 aromatic rings. The van der Waals surface area contributed by atoms with Gasteiger partial charge in [-0.05, 0) is 18.0 Å². The topological polar surface area (TPSA) is 56.3 Å².